The molecule has 124 valence electrons. The van der Waals surface area contributed by atoms with E-state index in [9.17, 15) is 9.59 Å². The minimum absolute atomic E-state index is 0.105. The number of amides is 1. The van der Waals surface area contributed by atoms with Crippen LogP contribution in [0.3, 0.4) is 0 Å². The van der Waals surface area contributed by atoms with Gasteiger partial charge in [-0.25, -0.2) is 4.79 Å². The zero-order chi connectivity index (χ0) is 17.1. The van der Waals surface area contributed by atoms with Crippen LogP contribution in [-0.4, -0.2) is 41.5 Å². The van der Waals surface area contributed by atoms with Gasteiger partial charge in [0.1, 0.15) is 12.4 Å². The average molecular weight is 326 g/mol. The Hall–Kier alpha value is -2.89. The average Bonchev–Trinajstić information content (AvgIpc) is 2.80. The van der Waals surface area contributed by atoms with Crippen LogP contribution in [-0.2, 0) is 11.3 Å². The predicted molar refractivity (Wildman–Crippen MR) is 86.8 cm³/mol. The number of pyridine rings is 1. The number of ether oxygens (including phenoxy) is 2. The van der Waals surface area contributed by atoms with E-state index < -0.39 is 5.97 Å². The smallest absolute Gasteiger partial charge is 0.339 e. The van der Waals surface area contributed by atoms with Crippen LogP contribution in [0.1, 0.15) is 33.2 Å². The van der Waals surface area contributed by atoms with E-state index in [1.54, 1.807) is 4.90 Å². The molecule has 6 heteroatoms. The molecule has 2 heterocycles. The number of carbonyl (C=O) groups excluding carboxylic acids is 2. The molecule has 6 nitrogen and oxygen atoms in total. The molecule has 1 aromatic carbocycles. The van der Waals surface area contributed by atoms with E-state index in [4.69, 9.17) is 4.74 Å². The standard InChI is InChI=1S/C18H18N2O4/c1-12-11-24-16-6-4-3-5-13(16)10-20(12)17(21)14-7-15(9-19-8-14)18(22)23-2/h3-9,12H,10-11H2,1-2H3/t12-/m1/s1. The van der Waals surface area contributed by atoms with Gasteiger partial charge in [0, 0.05) is 18.0 Å². The first-order valence-electron chi connectivity index (χ1n) is 7.65. The topological polar surface area (TPSA) is 68.7 Å². The maximum atomic E-state index is 12.9. The van der Waals surface area contributed by atoms with E-state index >= 15 is 0 Å². The number of esters is 1. The van der Waals surface area contributed by atoms with Gasteiger partial charge in [-0.3, -0.25) is 9.78 Å². The minimum Gasteiger partial charge on any atom is -0.491 e. The number of rotatable bonds is 2. The second-order valence-corrected chi connectivity index (χ2v) is 5.65. The van der Waals surface area contributed by atoms with E-state index in [0.717, 1.165) is 11.3 Å². The molecule has 1 aliphatic rings. The molecule has 1 aliphatic heterocycles. The highest BCUT2D eigenvalue weighted by atomic mass is 16.5. The number of methoxy groups -OCH3 is 1. The van der Waals surface area contributed by atoms with Crippen molar-refractivity contribution in [1.82, 2.24) is 9.88 Å². The summed E-state index contributed by atoms with van der Waals surface area (Å²) in [5, 5.41) is 0. The van der Waals surface area contributed by atoms with Gasteiger partial charge in [0.15, 0.2) is 0 Å². The van der Waals surface area contributed by atoms with Gasteiger partial charge in [0.05, 0.1) is 30.8 Å². The van der Waals surface area contributed by atoms with E-state index in [2.05, 4.69) is 9.72 Å². The van der Waals surface area contributed by atoms with Gasteiger partial charge in [-0.1, -0.05) is 18.2 Å². The van der Waals surface area contributed by atoms with Crippen molar-refractivity contribution in [2.45, 2.75) is 19.5 Å². The Morgan fingerprint density at radius 3 is 2.79 bits per heavy atom. The van der Waals surface area contributed by atoms with Crippen molar-refractivity contribution in [1.29, 1.82) is 0 Å². The first kappa shape index (κ1) is 16.0. The molecule has 0 aliphatic carbocycles. The van der Waals surface area contributed by atoms with Gasteiger partial charge in [0.25, 0.3) is 5.91 Å². The van der Waals surface area contributed by atoms with Gasteiger partial charge >= 0.3 is 5.97 Å². The summed E-state index contributed by atoms with van der Waals surface area (Å²) in [6.45, 7) is 2.78. The highest BCUT2D eigenvalue weighted by Crippen LogP contribution is 2.25. The zero-order valence-corrected chi connectivity index (χ0v) is 13.6. The van der Waals surface area contributed by atoms with E-state index in [1.807, 2.05) is 31.2 Å². The molecule has 0 saturated heterocycles. The number of carbonyl (C=O) groups is 2. The van der Waals surface area contributed by atoms with Crippen LogP contribution < -0.4 is 4.74 Å². The molecule has 1 amide bonds. The van der Waals surface area contributed by atoms with Crippen molar-refractivity contribution in [2.75, 3.05) is 13.7 Å². The molecule has 0 bridgehead atoms. The summed E-state index contributed by atoms with van der Waals surface area (Å²) >= 11 is 0. The van der Waals surface area contributed by atoms with Gasteiger partial charge < -0.3 is 14.4 Å². The molecule has 2 aromatic rings. The van der Waals surface area contributed by atoms with Crippen molar-refractivity contribution in [2.24, 2.45) is 0 Å². The molecule has 0 radical (unpaired) electrons. The lowest BCUT2D eigenvalue weighted by atomic mass is 10.1. The lowest BCUT2D eigenvalue weighted by Crippen LogP contribution is -2.40. The molecule has 3 rings (SSSR count). The molecular formula is C18H18N2O4. The van der Waals surface area contributed by atoms with Crippen LogP contribution >= 0.6 is 0 Å². The van der Waals surface area contributed by atoms with Crippen LogP contribution in [0.2, 0.25) is 0 Å². The number of hydrogen-bond donors (Lipinski definition) is 0. The van der Waals surface area contributed by atoms with Gasteiger partial charge in [0.2, 0.25) is 0 Å². The lowest BCUT2D eigenvalue weighted by Gasteiger charge is -2.26. The van der Waals surface area contributed by atoms with Gasteiger partial charge in [-0.2, -0.15) is 0 Å². The van der Waals surface area contributed by atoms with Crippen molar-refractivity contribution < 1.29 is 19.1 Å². The summed E-state index contributed by atoms with van der Waals surface area (Å²) in [6.07, 6.45) is 2.84. The van der Waals surface area contributed by atoms with Gasteiger partial charge in [-0.15, -0.1) is 0 Å². The van der Waals surface area contributed by atoms with Crippen molar-refractivity contribution in [3.63, 3.8) is 0 Å². The Morgan fingerprint density at radius 1 is 1.25 bits per heavy atom. The number of benzene rings is 1. The molecule has 24 heavy (non-hydrogen) atoms. The molecule has 0 spiro atoms. The molecular weight excluding hydrogens is 308 g/mol. The summed E-state index contributed by atoms with van der Waals surface area (Å²) < 4.78 is 10.5. The first-order chi connectivity index (χ1) is 11.6. The molecule has 1 aromatic heterocycles. The van der Waals surface area contributed by atoms with Crippen LogP contribution in [0, 0.1) is 0 Å². The lowest BCUT2D eigenvalue weighted by molar-refractivity contribution is 0.0600. The van der Waals surface area contributed by atoms with Crippen molar-refractivity contribution in [3.8, 4) is 5.75 Å². The fraction of sp³-hybridized carbons (Fsp3) is 0.278. The third-order valence-corrected chi connectivity index (χ3v) is 3.99. The third-order valence-electron chi connectivity index (χ3n) is 3.99. The quantitative estimate of drug-likeness (QED) is 0.792. The molecule has 1 atom stereocenters. The fourth-order valence-electron chi connectivity index (χ4n) is 2.64. The predicted octanol–water partition coefficient (Wildman–Crippen LogP) is 2.29. The van der Waals surface area contributed by atoms with E-state index in [0.29, 0.717) is 18.7 Å². The summed E-state index contributed by atoms with van der Waals surface area (Å²) in [5.74, 6) is 0.0805. The maximum Gasteiger partial charge on any atom is 0.339 e. The zero-order valence-electron chi connectivity index (χ0n) is 13.6. The number of aromatic nitrogens is 1. The Bertz CT molecular complexity index is 775. The molecule has 0 saturated carbocycles. The summed E-state index contributed by atoms with van der Waals surface area (Å²) in [6, 6.07) is 9.06. The van der Waals surface area contributed by atoms with E-state index in [-0.39, 0.29) is 17.5 Å². The SMILES string of the molecule is COC(=O)c1cncc(C(=O)N2Cc3ccccc3OC[C@H]2C)c1. The maximum absolute atomic E-state index is 12.9. The summed E-state index contributed by atoms with van der Waals surface area (Å²) in [5.41, 5.74) is 1.55. The monoisotopic (exact) mass is 326 g/mol. The van der Waals surface area contributed by atoms with Crippen LogP contribution in [0.25, 0.3) is 0 Å². The Labute approximate surface area is 140 Å². The Morgan fingerprint density at radius 2 is 2.00 bits per heavy atom. The minimum atomic E-state index is -0.519. The number of para-hydroxylation sites is 1. The van der Waals surface area contributed by atoms with Crippen LogP contribution in [0.4, 0.5) is 0 Å². The second-order valence-electron chi connectivity index (χ2n) is 5.65. The Balaban J connectivity index is 1.90. The van der Waals surface area contributed by atoms with Crippen molar-refractivity contribution >= 4 is 11.9 Å². The second kappa shape index (κ2) is 6.70. The summed E-state index contributed by atoms with van der Waals surface area (Å²) in [4.78, 5) is 30.3. The summed E-state index contributed by atoms with van der Waals surface area (Å²) in [7, 11) is 1.29. The highest BCUT2D eigenvalue weighted by Gasteiger charge is 2.27. The van der Waals surface area contributed by atoms with E-state index in [1.165, 1.54) is 25.6 Å². The van der Waals surface area contributed by atoms with Gasteiger partial charge in [-0.05, 0) is 19.1 Å². The normalized spacial score (nSPS) is 16.6. The highest BCUT2D eigenvalue weighted by molar-refractivity contribution is 5.97. The first-order valence-corrected chi connectivity index (χ1v) is 7.65. The largest absolute Gasteiger partial charge is 0.491 e. The van der Waals surface area contributed by atoms with Crippen molar-refractivity contribution in [3.05, 3.63) is 59.4 Å². The Kier molecular flexibility index (Phi) is 4.46. The fourth-order valence-corrected chi connectivity index (χ4v) is 2.64. The number of fused-ring (bicyclic) bond motifs is 1. The van der Waals surface area contributed by atoms with Crippen LogP contribution in [0.15, 0.2) is 42.7 Å². The number of hydrogen-bond acceptors (Lipinski definition) is 5. The molecule has 0 fully saturated rings. The number of nitrogens with zero attached hydrogens (tertiary/aromatic N) is 2. The van der Waals surface area contributed by atoms with Crippen LogP contribution in [0.5, 0.6) is 5.75 Å². The third kappa shape index (κ3) is 3.08. The molecule has 0 N–H and O–H groups in total. The molecule has 0 unspecified atom stereocenters.